The maximum absolute atomic E-state index is 12.9. The first-order valence-corrected chi connectivity index (χ1v) is 11.4. The van der Waals surface area contributed by atoms with Crippen molar-refractivity contribution in [2.75, 3.05) is 19.5 Å². The van der Waals surface area contributed by atoms with Gasteiger partial charge in [-0.2, -0.15) is 0 Å². The van der Waals surface area contributed by atoms with E-state index in [4.69, 9.17) is 18.6 Å². The molecule has 2 heterocycles. The Hall–Kier alpha value is -3.66. The van der Waals surface area contributed by atoms with Crippen LogP contribution in [0.1, 0.15) is 45.6 Å². The van der Waals surface area contributed by atoms with Gasteiger partial charge >= 0.3 is 17.6 Å². The van der Waals surface area contributed by atoms with Crippen molar-refractivity contribution >= 4 is 45.2 Å². The average Bonchev–Trinajstić information content (AvgIpc) is 3.36. The van der Waals surface area contributed by atoms with Crippen molar-refractivity contribution in [1.82, 2.24) is 0 Å². The summed E-state index contributed by atoms with van der Waals surface area (Å²) in [5, 5.41) is 3.80. The Morgan fingerprint density at radius 3 is 2.65 bits per heavy atom. The van der Waals surface area contributed by atoms with Crippen LogP contribution >= 0.6 is 11.3 Å². The Kier molecular flexibility index (Phi) is 6.43. The molecule has 0 fully saturated rings. The second kappa shape index (κ2) is 9.30. The molecule has 10 heteroatoms. The minimum Gasteiger partial charge on any atom is -0.481 e. The van der Waals surface area contributed by atoms with Crippen LogP contribution in [0, 0.1) is 6.92 Å². The number of methoxy groups -OCH3 is 2. The number of carbonyl (C=O) groups excluding carboxylic acids is 3. The van der Waals surface area contributed by atoms with Crippen LogP contribution in [0.15, 0.2) is 33.5 Å². The molecule has 0 bridgehead atoms. The van der Waals surface area contributed by atoms with Gasteiger partial charge in [-0.15, -0.1) is 11.3 Å². The molecule has 3 aromatic rings. The van der Waals surface area contributed by atoms with Gasteiger partial charge in [0.15, 0.2) is 6.10 Å². The van der Waals surface area contributed by atoms with Crippen LogP contribution in [0.2, 0.25) is 0 Å². The third-order valence-corrected chi connectivity index (χ3v) is 6.93. The number of esters is 2. The molecule has 1 N–H and O–H groups in total. The molecule has 0 radical (unpaired) electrons. The van der Waals surface area contributed by atoms with Crippen molar-refractivity contribution in [3.63, 3.8) is 0 Å². The zero-order valence-electron chi connectivity index (χ0n) is 19.1. The minimum absolute atomic E-state index is 0.166. The number of thiophene rings is 1. The highest BCUT2D eigenvalue weighted by atomic mass is 32.1. The monoisotopic (exact) mass is 485 g/mol. The van der Waals surface area contributed by atoms with Crippen molar-refractivity contribution in [1.29, 1.82) is 0 Å². The normalized spacial score (nSPS) is 15.5. The lowest BCUT2D eigenvalue weighted by Gasteiger charge is -2.16. The minimum atomic E-state index is -0.937. The molecule has 9 nitrogen and oxygen atoms in total. The lowest BCUT2D eigenvalue weighted by atomic mass is 9.99. The van der Waals surface area contributed by atoms with Crippen LogP contribution in [0.4, 0.5) is 5.00 Å². The van der Waals surface area contributed by atoms with Crippen molar-refractivity contribution in [3.05, 3.63) is 56.3 Å². The van der Waals surface area contributed by atoms with Gasteiger partial charge in [-0.25, -0.2) is 9.59 Å². The summed E-state index contributed by atoms with van der Waals surface area (Å²) >= 11 is 1.24. The first kappa shape index (κ1) is 23.5. The smallest absolute Gasteiger partial charge is 0.341 e. The summed E-state index contributed by atoms with van der Waals surface area (Å²) in [6, 6.07) is 6.38. The number of anilines is 1. The fourth-order valence-electron chi connectivity index (χ4n) is 4.09. The second-order valence-electron chi connectivity index (χ2n) is 7.90. The molecule has 1 aliphatic rings. The number of hydrogen-bond acceptors (Lipinski definition) is 9. The predicted octanol–water partition coefficient (Wildman–Crippen LogP) is 3.56. The Balaban J connectivity index is 1.57. The van der Waals surface area contributed by atoms with Gasteiger partial charge in [-0.05, 0) is 49.9 Å². The van der Waals surface area contributed by atoms with Crippen LogP contribution in [0.5, 0.6) is 5.75 Å². The SMILES string of the molecule is COC(=O)c1c(NC(=O)[C@@H](C)Oc2ccc3c(C)cc(=O)oc3c2)sc2c1[C@H](C(=O)OC)CC2. The summed E-state index contributed by atoms with van der Waals surface area (Å²) in [6.45, 7) is 3.36. The van der Waals surface area contributed by atoms with Crippen LogP contribution in [-0.2, 0) is 25.5 Å². The lowest BCUT2D eigenvalue weighted by Crippen LogP contribution is -2.30. The van der Waals surface area contributed by atoms with Crippen LogP contribution in [0.3, 0.4) is 0 Å². The quantitative estimate of drug-likeness (QED) is 0.416. The fraction of sp³-hybridized carbons (Fsp3) is 0.333. The number of amides is 1. The second-order valence-corrected chi connectivity index (χ2v) is 9.01. The highest BCUT2D eigenvalue weighted by Crippen LogP contribution is 2.46. The highest BCUT2D eigenvalue weighted by molar-refractivity contribution is 7.17. The molecule has 0 saturated carbocycles. The van der Waals surface area contributed by atoms with E-state index in [-0.39, 0.29) is 5.56 Å². The van der Waals surface area contributed by atoms with Gasteiger partial charge in [-0.3, -0.25) is 9.59 Å². The molecule has 0 spiro atoms. The van der Waals surface area contributed by atoms with Crippen LogP contribution in [-0.4, -0.2) is 38.2 Å². The predicted molar refractivity (Wildman–Crippen MR) is 125 cm³/mol. The molecule has 1 aromatic carbocycles. The number of nitrogens with one attached hydrogen (secondary N) is 1. The highest BCUT2D eigenvalue weighted by Gasteiger charge is 2.38. The summed E-state index contributed by atoms with van der Waals surface area (Å²) in [5.74, 6) is -1.81. The van der Waals surface area contributed by atoms with E-state index in [1.165, 1.54) is 31.6 Å². The third-order valence-electron chi connectivity index (χ3n) is 5.75. The number of ether oxygens (including phenoxy) is 3. The fourth-order valence-corrected chi connectivity index (χ4v) is 5.35. The number of fused-ring (bicyclic) bond motifs is 2. The number of aryl methyl sites for hydroxylation is 2. The molecule has 0 aliphatic heterocycles. The largest absolute Gasteiger partial charge is 0.481 e. The van der Waals surface area contributed by atoms with Gasteiger partial charge in [0.25, 0.3) is 5.91 Å². The topological polar surface area (TPSA) is 121 Å². The number of carbonyl (C=O) groups is 3. The van der Waals surface area contributed by atoms with E-state index >= 15 is 0 Å². The van der Waals surface area contributed by atoms with Crippen molar-refractivity contribution in [3.8, 4) is 5.75 Å². The van der Waals surface area contributed by atoms with Crippen molar-refractivity contribution in [2.45, 2.75) is 38.7 Å². The summed E-state index contributed by atoms with van der Waals surface area (Å²) < 4.78 is 20.8. The molecule has 178 valence electrons. The van der Waals surface area contributed by atoms with E-state index in [0.29, 0.717) is 34.7 Å². The zero-order valence-corrected chi connectivity index (χ0v) is 19.9. The number of rotatable bonds is 6. The molecule has 0 unspecified atom stereocenters. The molecule has 1 amide bonds. The number of benzene rings is 1. The van der Waals surface area contributed by atoms with E-state index < -0.39 is 35.5 Å². The number of hydrogen-bond donors (Lipinski definition) is 1. The van der Waals surface area contributed by atoms with Gasteiger partial charge in [0, 0.05) is 22.4 Å². The molecule has 2 atom stereocenters. The van der Waals surface area contributed by atoms with Crippen LogP contribution < -0.4 is 15.7 Å². The molecular weight excluding hydrogens is 462 g/mol. The summed E-state index contributed by atoms with van der Waals surface area (Å²) in [5.41, 5.74) is 1.37. The van der Waals surface area contributed by atoms with E-state index in [9.17, 15) is 19.2 Å². The van der Waals surface area contributed by atoms with E-state index in [1.807, 2.05) is 0 Å². The maximum Gasteiger partial charge on any atom is 0.341 e. The zero-order chi connectivity index (χ0) is 24.6. The first-order chi connectivity index (χ1) is 16.2. The molecule has 1 aliphatic carbocycles. The van der Waals surface area contributed by atoms with Crippen molar-refractivity contribution in [2.24, 2.45) is 0 Å². The van der Waals surface area contributed by atoms with Gasteiger partial charge in [0.1, 0.15) is 16.3 Å². The van der Waals surface area contributed by atoms with Crippen LogP contribution in [0.25, 0.3) is 11.0 Å². The summed E-state index contributed by atoms with van der Waals surface area (Å²) in [6.07, 6.45) is 0.184. The van der Waals surface area contributed by atoms with Gasteiger partial charge < -0.3 is 23.9 Å². The van der Waals surface area contributed by atoms with E-state index in [1.54, 1.807) is 32.0 Å². The summed E-state index contributed by atoms with van der Waals surface area (Å²) in [7, 11) is 2.54. The molecule has 4 rings (SSSR count). The molecule has 2 aromatic heterocycles. The van der Waals surface area contributed by atoms with Gasteiger partial charge in [0.2, 0.25) is 0 Å². The van der Waals surface area contributed by atoms with Crippen molar-refractivity contribution < 1.29 is 33.0 Å². The Labute approximate surface area is 198 Å². The van der Waals surface area contributed by atoms with Gasteiger partial charge in [-0.1, -0.05) is 0 Å². The standard InChI is InChI=1S/C24H23NO8S/c1-11-9-18(26)33-16-10-13(5-6-14(11)16)32-12(2)21(27)25-22-20(24(29)31-4)19-15(23(28)30-3)7-8-17(19)34-22/h5-6,9-10,12,15H,7-8H2,1-4H3,(H,25,27)/t12-,15-/m1/s1. The molecule has 0 saturated heterocycles. The van der Waals surface area contributed by atoms with E-state index in [2.05, 4.69) is 5.32 Å². The molecule has 34 heavy (non-hydrogen) atoms. The average molecular weight is 486 g/mol. The third kappa shape index (κ3) is 4.28. The lowest BCUT2D eigenvalue weighted by molar-refractivity contribution is -0.142. The Bertz CT molecular complexity index is 1350. The summed E-state index contributed by atoms with van der Waals surface area (Å²) in [4.78, 5) is 50.2. The van der Waals surface area contributed by atoms with E-state index in [0.717, 1.165) is 15.8 Å². The van der Waals surface area contributed by atoms with Gasteiger partial charge in [0.05, 0.1) is 25.7 Å². The Morgan fingerprint density at radius 1 is 1.18 bits per heavy atom. The Morgan fingerprint density at radius 2 is 1.94 bits per heavy atom. The maximum atomic E-state index is 12.9. The molecular formula is C24H23NO8S. The first-order valence-electron chi connectivity index (χ1n) is 10.6.